The minimum atomic E-state index is 0.408. The van der Waals surface area contributed by atoms with Crippen LogP contribution in [0.15, 0.2) is 42.5 Å². The maximum absolute atomic E-state index is 5.51. The molecule has 0 spiro atoms. The average molecular weight is 283 g/mol. The third kappa shape index (κ3) is 3.64. The summed E-state index contributed by atoms with van der Waals surface area (Å²) < 4.78 is 5.51. The molecule has 2 rings (SSSR count). The second kappa shape index (κ2) is 7.28. The van der Waals surface area contributed by atoms with Crippen molar-refractivity contribution in [1.82, 2.24) is 5.32 Å². The van der Waals surface area contributed by atoms with Gasteiger partial charge >= 0.3 is 0 Å². The minimum Gasteiger partial charge on any atom is -0.496 e. The van der Waals surface area contributed by atoms with Gasteiger partial charge in [-0.3, -0.25) is 0 Å². The van der Waals surface area contributed by atoms with Crippen LogP contribution in [0.2, 0.25) is 0 Å². The third-order valence-corrected chi connectivity index (χ3v) is 3.81. The van der Waals surface area contributed by atoms with Crippen molar-refractivity contribution in [3.63, 3.8) is 0 Å². The molecule has 2 nitrogen and oxygen atoms in total. The highest BCUT2D eigenvalue weighted by Gasteiger charge is 2.11. The summed E-state index contributed by atoms with van der Waals surface area (Å²) in [6.07, 6.45) is 1.09. The van der Waals surface area contributed by atoms with Crippen LogP contribution in [0, 0.1) is 6.92 Å². The minimum absolute atomic E-state index is 0.408. The zero-order chi connectivity index (χ0) is 15.2. The van der Waals surface area contributed by atoms with Crippen molar-refractivity contribution in [3.8, 4) is 16.9 Å². The molecule has 0 amide bonds. The van der Waals surface area contributed by atoms with Gasteiger partial charge < -0.3 is 10.1 Å². The predicted molar refractivity (Wildman–Crippen MR) is 89.9 cm³/mol. The van der Waals surface area contributed by atoms with Gasteiger partial charge in [0, 0.05) is 11.6 Å². The first-order valence-corrected chi connectivity index (χ1v) is 7.68. The van der Waals surface area contributed by atoms with Crippen LogP contribution < -0.4 is 10.1 Å². The van der Waals surface area contributed by atoms with Gasteiger partial charge in [-0.15, -0.1) is 0 Å². The van der Waals surface area contributed by atoms with Gasteiger partial charge in [-0.25, -0.2) is 0 Å². The molecule has 21 heavy (non-hydrogen) atoms. The fourth-order valence-electron chi connectivity index (χ4n) is 2.71. The van der Waals surface area contributed by atoms with Crippen molar-refractivity contribution < 1.29 is 4.74 Å². The van der Waals surface area contributed by atoms with Crippen LogP contribution in [0.25, 0.3) is 11.1 Å². The molecule has 1 atom stereocenters. The number of methoxy groups -OCH3 is 1. The van der Waals surface area contributed by atoms with Crippen LogP contribution >= 0.6 is 0 Å². The van der Waals surface area contributed by atoms with Crippen molar-refractivity contribution in [2.24, 2.45) is 0 Å². The Morgan fingerprint density at radius 1 is 1.10 bits per heavy atom. The summed E-state index contributed by atoms with van der Waals surface area (Å²) in [6.45, 7) is 7.46. The molecule has 0 aliphatic heterocycles. The summed E-state index contributed by atoms with van der Waals surface area (Å²) in [5.74, 6) is 0.925. The summed E-state index contributed by atoms with van der Waals surface area (Å²) in [5.41, 5.74) is 4.95. The van der Waals surface area contributed by atoms with Crippen LogP contribution in [0.4, 0.5) is 0 Å². The van der Waals surface area contributed by atoms with E-state index in [1.165, 1.54) is 16.7 Å². The molecule has 1 unspecified atom stereocenters. The number of hydrogen-bond acceptors (Lipinski definition) is 2. The van der Waals surface area contributed by atoms with E-state index in [-0.39, 0.29) is 0 Å². The summed E-state index contributed by atoms with van der Waals surface area (Å²) in [5, 5.41) is 3.54. The topological polar surface area (TPSA) is 21.3 Å². The zero-order valence-electron chi connectivity index (χ0n) is 13.4. The van der Waals surface area contributed by atoms with E-state index in [4.69, 9.17) is 4.74 Å². The van der Waals surface area contributed by atoms with Crippen molar-refractivity contribution >= 4 is 0 Å². The third-order valence-electron chi connectivity index (χ3n) is 3.81. The summed E-state index contributed by atoms with van der Waals surface area (Å²) in [7, 11) is 1.73. The molecule has 0 saturated carbocycles. The van der Waals surface area contributed by atoms with Gasteiger partial charge in [0.2, 0.25) is 0 Å². The number of hydrogen-bond donors (Lipinski definition) is 1. The monoisotopic (exact) mass is 283 g/mol. The second-order valence-corrected chi connectivity index (χ2v) is 5.35. The predicted octanol–water partition coefficient (Wildman–Crippen LogP) is 4.73. The molecule has 1 N–H and O–H groups in total. The van der Waals surface area contributed by atoms with E-state index < -0.39 is 0 Å². The maximum atomic E-state index is 5.51. The molecular weight excluding hydrogens is 258 g/mol. The van der Waals surface area contributed by atoms with Crippen molar-refractivity contribution in [2.75, 3.05) is 13.7 Å². The average Bonchev–Trinajstić information content (AvgIpc) is 2.52. The lowest BCUT2D eigenvalue weighted by atomic mass is 9.97. The van der Waals surface area contributed by atoms with E-state index in [0.29, 0.717) is 6.04 Å². The molecule has 2 aromatic rings. The van der Waals surface area contributed by atoms with Gasteiger partial charge in [-0.1, -0.05) is 43.7 Å². The summed E-state index contributed by atoms with van der Waals surface area (Å²) in [6, 6.07) is 15.5. The lowest BCUT2D eigenvalue weighted by molar-refractivity contribution is 0.416. The van der Waals surface area contributed by atoms with Gasteiger partial charge in [0.15, 0.2) is 0 Å². The van der Waals surface area contributed by atoms with E-state index in [0.717, 1.165) is 24.3 Å². The van der Waals surface area contributed by atoms with Crippen LogP contribution in [0.3, 0.4) is 0 Å². The highest BCUT2D eigenvalue weighted by atomic mass is 16.5. The number of ether oxygens (including phenoxy) is 1. The first-order valence-electron chi connectivity index (χ1n) is 7.68. The Bertz CT molecular complexity index is 592. The molecule has 0 saturated heterocycles. The Labute approximate surface area is 128 Å². The lowest BCUT2D eigenvalue weighted by Crippen LogP contribution is -2.19. The number of aryl methyl sites for hydroxylation is 1. The SMILES string of the molecule is CCNC(CC)c1cccc(-c2cc(C)ccc2OC)c1. The molecule has 0 aliphatic rings. The van der Waals surface area contributed by atoms with Crippen LogP contribution in [0.5, 0.6) is 5.75 Å². The highest BCUT2D eigenvalue weighted by Crippen LogP contribution is 2.32. The number of benzene rings is 2. The fraction of sp³-hybridized carbons (Fsp3) is 0.368. The fourth-order valence-corrected chi connectivity index (χ4v) is 2.71. The van der Waals surface area contributed by atoms with E-state index in [2.05, 4.69) is 62.5 Å². The Kier molecular flexibility index (Phi) is 5.40. The maximum Gasteiger partial charge on any atom is 0.126 e. The van der Waals surface area contributed by atoms with Gasteiger partial charge in [-0.05, 0) is 49.2 Å². The van der Waals surface area contributed by atoms with Gasteiger partial charge in [-0.2, -0.15) is 0 Å². The van der Waals surface area contributed by atoms with Crippen molar-refractivity contribution in [2.45, 2.75) is 33.2 Å². The smallest absolute Gasteiger partial charge is 0.126 e. The summed E-state index contributed by atoms with van der Waals surface area (Å²) >= 11 is 0. The lowest BCUT2D eigenvalue weighted by Gasteiger charge is -2.18. The molecule has 0 bridgehead atoms. The molecule has 0 aliphatic carbocycles. The standard InChI is InChI=1S/C19H25NO/c1-5-18(20-6-2)16-9-7-8-15(13-16)17-12-14(3)10-11-19(17)21-4/h7-13,18,20H,5-6H2,1-4H3. The molecule has 112 valence electrons. The quantitative estimate of drug-likeness (QED) is 0.827. The molecule has 2 heteroatoms. The molecule has 0 fully saturated rings. The Hall–Kier alpha value is -1.80. The Morgan fingerprint density at radius 3 is 2.57 bits per heavy atom. The van der Waals surface area contributed by atoms with Crippen LogP contribution in [0.1, 0.15) is 37.4 Å². The van der Waals surface area contributed by atoms with E-state index in [9.17, 15) is 0 Å². The van der Waals surface area contributed by atoms with E-state index in [1.807, 2.05) is 6.07 Å². The number of rotatable bonds is 6. The summed E-state index contributed by atoms with van der Waals surface area (Å²) in [4.78, 5) is 0. The molecule has 2 aromatic carbocycles. The van der Waals surface area contributed by atoms with E-state index >= 15 is 0 Å². The van der Waals surface area contributed by atoms with E-state index in [1.54, 1.807) is 7.11 Å². The van der Waals surface area contributed by atoms with Gasteiger partial charge in [0.25, 0.3) is 0 Å². The molecular formula is C19H25NO. The van der Waals surface area contributed by atoms with Crippen LogP contribution in [-0.4, -0.2) is 13.7 Å². The first kappa shape index (κ1) is 15.6. The Morgan fingerprint density at radius 2 is 1.90 bits per heavy atom. The van der Waals surface area contributed by atoms with Crippen LogP contribution in [-0.2, 0) is 0 Å². The second-order valence-electron chi connectivity index (χ2n) is 5.35. The first-order chi connectivity index (χ1) is 10.2. The van der Waals surface area contributed by atoms with Crippen molar-refractivity contribution in [1.29, 1.82) is 0 Å². The zero-order valence-corrected chi connectivity index (χ0v) is 13.4. The Balaban J connectivity index is 2.43. The highest BCUT2D eigenvalue weighted by molar-refractivity contribution is 5.71. The van der Waals surface area contributed by atoms with Crippen molar-refractivity contribution in [3.05, 3.63) is 53.6 Å². The number of nitrogens with one attached hydrogen (secondary N) is 1. The molecule has 0 aromatic heterocycles. The largest absolute Gasteiger partial charge is 0.496 e. The molecule has 0 heterocycles. The normalized spacial score (nSPS) is 12.2. The van der Waals surface area contributed by atoms with Gasteiger partial charge in [0.05, 0.1) is 7.11 Å². The van der Waals surface area contributed by atoms with Gasteiger partial charge in [0.1, 0.15) is 5.75 Å². The molecule has 0 radical (unpaired) electrons.